The van der Waals surface area contributed by atoms with E-state index in [1.54, 1.807) is 0 Å². The van der Waals surface area contributed by atoms with Gasteiger partial charge in [-0.05, 0) is 102 Å². The van der Waals surface area contributed by atoms with Crippen LogP contribution in [-0.2, 0) is 19.1 Å². The third-order valence-corrected chi connectivity index (χ3v) is 13.7. The molecule has 0 radical (unpaired) electrons. The molecule has 6 nitrogen and oxygen atoms in total. The van der Waals surface area contributed by atoms with Gasteiger partial charge in [0, 0.05) is 12.8 Å². The molecule has 0 heterocycles. The van der Waals surface area contributed by atoms with E-state index in [0.717, 1.165) is 38.8 Å². The Morgan fingerprint density at radius 2 is 0.500 bits per heavy atom. The minimum absolute atomic E-state index is 0.0326. The van der Waals surface area contributed by atoms with Gasteiger partial charge in [-0.1, -0.05) is 247 Å². The molecule has 0 amide bonds. The molecule has 0 aliphatic carbocycles. The Balaban J connectivity index is 0. The first-order chi connectivity index (χ1) is 32.5. The van der Waals surface area contributed by atoms with Crippen LogP contribution in [0.15, 0.2) is 0 Å². The fraction of sp³-hybridized carbons (Fsp3) is 0.967. The molecule has 396 valence electrons. The van der Waals surface area contributed by atoms with Crippen LogP contribution in [0.5, 0.6) is 0 Å². The number of hydrogen-bond acceptors (Lipinski definition) is 6. The minimum atomic E-state index is 0.0326. The van der Waals surface area contributed by atoms with Crippen molar-refractivity contribution in [3.05, 3.63) is 0 Å². The first kappa shape index (κ1) is 66.9. The van der Waals surface area contributed by atoms with Crippen molar-refractivity contribution < 1.29 is 19.1 Å². The van der Waals surface area contributed by atoms with Crippen LogP contribution in [0, 0.1) is 11.8 Å². The zero-order chi connectivity index (χ0) is 48.5. The molecule has 0 saturated carbocycles. The molecule has 0 aromatic rings. The Morgan fingerprint density at radius 3 is 0.788 bits per heavy atom. The highest BCUT2D eigenvalue weighted by Gasteiger charge is 2.14. The highest BCUT2D eigenvalue weighted by molar-refractivity contribution is 5.69. The topological polar surface area (TPSA) is 76.7 Å². The van der Waals surface area contributed by atoms with Crippen molar-refractivity contribution in [1.82, 2.24) is 10.6 Å². The number of esters is 2. The minimum Gasteiger partial charge on any atom is -0.465 e. The lowest BCUT2D eigenvalue weighted by atomic mass is 9.95. The molecule has 0 bridgehead atoms. The zero-order valence-corrected chi connectivity index (χ0v) is 46.1. The number of carbonyl (C=O) groups is 2. The number of ether oxygens (including phenoxy) is 2. The van der Waals surface area contributed by atoms with Gasteiger partial charge in [0.2, 0.25) is 0 Å². The summed E-state index contributed by atoms with van der Waals surface area (Å²) in [5, 5.41) is 7.11. The predicted molar refractivity (Wildman–Crippen MR) is 292 cm³/mol. The summed E-state index contributed by atoms with van der Waals surface area (Å²) in [6.45, 7) is 19.5. The van der Waals surface area contributed by atoms with Gasteiger partial charge in [0.25, 0.3) is 0 Å². The Kier molecular flexibility index (Phi) is 60.8. The molecule has 2 atom stereocenters. The van der Waals surface area contributed by atoms with Crippen LogP contribution in [0.2, 0.25) is 0 Å². The van der Waals surface area contributed by atoms with E-state index in [9.17, 15) is 9.59 Å². The summed E-state index contributed by atoms with van der Waals surface area (Å²) in [4.78, 5) is 24.4. The standard InChI is InChI=1S/2C30H61NO2/c2*1-4-7-10-13-15-19-24-29(23-18-11-8-5-2)28-33-30(32)25-20-16-14-17-22-27-31-26-21-12-9-6-3/h2*29,31H,4-28H2,1-3H3. The number of unbranched alkanes of at least 4 members (excludes halogenated alkanes) is 30. The van der Waals surface area contributed by atoms with Crippen molar-refractivity contribution in [2.75, 3.05) is 39.4 Å². The smallest absolute Gasteiger partial charge is 0.305 e. The lowest BCUT2D eigenvalue weighted by molar-refractivity contribution is -0.146. The van der Waals surface area contributed by atoms with Crippen LogP contribution in [0.25, 0.3) is 0 Å². The molecule has 0 aliphatic rings. The number of carbonyl (C=O) groups excluding carboxylic acids is 2. The molecular formula is C60H122N2O4. The largest absolute Gasteiger partial charge is 0.465 e. The molecule has 0 spiro atoms. The van der Waals surface area contributed by atoms with Gasteiger partial charge >= 0.3 is 11.9 Å². The first-order valence-electron chi connectivity index (χ1n) is 30.2. The second kappa shape index (κ2) is 60.0. The van der Waals surface area contributed by atoms with E-state index < -0.39 is 0 Å². The fourth-order valence-electron chi connectivity index (χ4n) is 9.04. The number of nitrogens with one attached hydrogen (secondary N) is 2. The summed E-state index contributed by atoms with van der Waals surface area (Å²) < 4.78 is 11.4. The highest BCUT2D eigenvalue weighted by Crippen LogP contribution is 2.22. The van der Waals surface area contributed by atoms with E-state index in [1.165, 1.54) is 257 Å². The van der Waals surface area contributed by atoms with E-state index in [-0.39, 0.29) is 11.9 Å². The van der Waals surface area contributed by atoms with E-state index in [1.807, 2.05) is 0 Å². The monoisotopic (exact) mass is 935 g/mol. The van der Waals surface area contributed by atoms with Crippen LogP contribution in [0.4, 0.5) is 0 Å². The van der Waals surface area contributed by atoms with Crippen molar-refractivity contribution in [3.63, 3.8) is 0 Å². The van der Waals surface area contributed by atoms with Crippen LogP contribution in [-0.4, -0.2) is 51.3 Å². The molecule has 2 unspecified atom stereocenters. The van der Waals surface area contributed by atoms with Gasteiger partial charge in [0.05, 0.1) is 13.2 Å². The average molecular weight is 936 g/mol. The molecule has 66 heavy (non-hydrogen) atoms. The molecule has 0 fully saturated rings. The fourth-order valence-corrected chi connectivity index (χ4v) is 9.04. The van der Waals surface area contributed by atoms with Crippen molar-refractivity contribution >= 4 is 11.9 Å². The number of rotatable bonds is 54. The third kappa shape index (κ3) is 57.2. The summed E-state index contributed by atoms with van der Waals surface area (Å²) >= 11 is 0. The first-order valence-corrected chi connectivity index (χ1v) is 30.2. The van der Waals surface area contributed by atoms with E-state index in [2.05, 4.69) is 52.2 Å². The molecule has 6 heteroatoms. The van der Waals surface area contributed by atoms with Crippen molar-refractivity contribution in [1.29, 1.82) is 0 Å². The summed E-state index contributed by atoms with van der Waals surface area (Å²) in [6.07, 6.45) is 55.3. The molecule has 0 saturated heterocycles. The molecular weight excluding hydrogens is 813 g/mol. The molecule has 0 aliphatic heterocycles. The van der Waals surface area contributed by atoms with Gasteiger partial charge in [-0.2, -0.15) is 0 Å². The second-order valence-electron chi connectivity index (χ2n) is 20.6. The molecule has 2 N–H and O–H groups in total. The van der Waals surface area contributed by atoms with Gasteiger partial charge < -0.3 is 20.1 Å². The Bertz CT molecular complexity index is 843. The van der Waals surface area contributed by atoms with Crippen LogP contribution < -0.4 is 10.6 Å². The number of hydrogen-bond donors (Lipinski definition) is 2. The lowest BCUT2D eigenvalue weighted by Crippen LogP contribution is -2.16. The quantitative estimate of drug-likeness (QED) is 0.0467. The van der Waals surface area contributed by atoms with Gasteiger partial charge in [-0.25, -0.2) is 0 Å². The summed E-state index contributed by atoms with van der Waals surface area (Å²) in [7, 11) is 0. The van der Waals surface area contributed by atoms with E-state index in [0.29, 0.717) is 37.9 Å². The van der Waals surface area contributed by atoms with Crippen molar-refractivity contribution in [2.24, 2.45) is 11.8 Å². The van der Waals surface area contributed by atoms with E-state index in [4.69, 9.17) is 9.47 Å². The average Bonchev–Trinajstić information content (AvgIpc) is 3.32. The molecule has 0 rings (SSSR count). The molecule has 0 aromatic carbocycles. The molecule has 0 aromatic heterocycles. The Hall–Kier alpha value is -1.14. The summed E-state index contributed by atoms with van der Waals surface area (Å²) in [6, 6.07) is 0. The highest BCUT2D eigenvalue weighted by atomic mass is 16.5. The SMILES string of the molecule is CCCCCCCCC(CCCCCC)COC(=O)CCCCCCCNCCCCCC.CCCCCCCCC(CCCCCC)COC(=O)CCCCCCCNCCCCCC. The Labute approximate surface area is 415 Å². The summed E-state index contributed by atoms with van der Waals surface area (Å²) in [5.41, 5.74) is 0. The van der Waals surface area contributed by atoms with Crippen LogP contribution in [0.1, 0.15) is 324 Å². The third-order valence-electron chi connectivity index (χ3n) is 13.7. The summed E-state index contributed by atoms with van der Waals surface area (Å²) in [5.74, 6) is 1.22. The lowest BCUT2D eigenvalue weighted by Gasteiger charge is -2.17. The predicted octanol–water partition coefficient (Wildman–Crippen LogP) is 18.8. The van der Waals surface area contributed by atoms with Gasteiger partial charge in [0.15, 0.2) is 0 Å². The Morgan fingerprint density at radius 1 is 0.288 bits per heavy atom. The van der Waals surface area contributed by atoms with Gasteiger partial charge in [0.1, 0.15) is 0 Å². The van der Waals surface area contributed by atoms with Crippen molar-refractivity contribution in [2.45, 2.75) is 324 Å². The van der Waals surface area contributed by atoms with Crippen molar-refractivity contribution in [3.8, 4) is 0 Å². The second-order valence-corrected chi connectivity index (χ2v) is 20.6. The van der Waals surface area contributed by atoms with E-state index >= 15 is 0 Å². The zero-order valence-electron chi connectivity index (χ0n) is 46.1. The van der Waals surface area contributed by atoms with Crippen LogP contribution >= 0.6 is 0 Å². The normalized spacial score (nSPS) is 12.2. The van der Waals surface area contributed by atoms with Gasteiger partial charge in [-0.3, -0.25) is 9.59 Å². The van der Waals surface area contributed by atoms with Crippen LogP contribution in [0.3, 0.4) is 0 Å². The van der Waals surface area contributed by atoms with Gasteiger partial charge in [-0.15, -0.1) is 0 Å². The maximum Gasteiger partial charge on any atom is 0.305 e. The maximum atomic E-state index is 12.2. The maximum absolute atomic E-state index is 12.2.